The van der Waals surface area contributed by atoms with Gasteiger partial charge in [0, 0.05) is 42.2 Å². The van der Waals surface area contributed by atoms with Crippen molar-refractivity contribution in [1.82, 2.24) is 15.4 Å². The Labute approximate surface area is 143 Å². The highest BCUT2D eigenvalue weighted by Gasteiger charge is 2.44. The Hall–Kier alpha value is -2.38. The van der Waals surface area contributed by atoms with Crippen molar-refractivity contribution in [3.05, 3.63) is 47.2 Å². The second-order valence-electron chi connectivity index (χ2n) is 6.04. The third-order valence-corrected chi connectivity index (χ3v) is 4.91. The van der Waals surface area contributed by atoms with Crippen molar-refractivity contribution in [1.29, 1.82) is 0 Å². The molecule has 2 fully saturated rings. The lowest BCUT2D eigenvalue weighted by atomic mass is 10.2. The van der Waals surface area contributed by atoms with Gasteiger partial charge in [0.1, 0.15) is 0 Å². The van der Waals surface area contributed by atoms with Crippen LogP contribution in [0.15, 0.2) is 36.7 Å². The van der Waals surface area contributed by atoms with Crippen LogP contribution >= 0.6 is 11.6 Å². The molecule has 0 spiro atoms. The molecular formula is C16H16ClN5O2. The number of rotatable bonds is 3. The van der Waals surface area contributed by atoms with Crippen LogP contribution in [0.5, 0.6) is 0 Å². The van der Waals surface area contributed by atoms with Crippen molar-refractivity contribution < 1.29 is 10.0 Å². The summed E-state index contributed by atoms with van der Waals surface area (Å²) in [5, 5.41) is 9.37. The Balaban J connectivity index is 1.48. The molecule has 0 saturated carbocycles. The number of anilines is 2. The second kappa shape index (κ2) is 5.92. The van der Waals surface area contributed by atoms with Gasteiger partial charge in [-0.15, -0.1) is 0 Å². The van der Waals surface area contributed by atoms with E-state index in [1.165, 1.54) is 18.1 Å². The molecule has 2 bridgehead atoms. The number of hydroxylamine groups is 1. The van der Waals surface area contributed by atoms with Crippen LogP contribution in [0, 0.1) is 0 Å². The van der Waals surface area contributed by atoms with Crippen LogP contribution in [0.4, 0.5) is 11.6 Å². The zero-order chi connectivity index (χ0) is 16.7. The summed E-state index contributed by atoms with van der Waals surface area (Å²) in [6.45, 7) is 1.76. The van der Waals surface area contributed by atoms with Gasteiger partial charge in [-0.1, -0.05) is 11.6 Å². The van der Waals surface area contributed by atoms with Crippen LogP contribution in [0.1, 0.15) is 16.8 Å². The van der Waals surface area contributed by atoms with Gasteiger partial charge in [0.2, 0.25) is 5.95 Å². The first-order valence-corrected chi connectivity index (χ1v) is 8.09. The van der Waals surface area contributed by atoms with Crippen molar-refractivity contribution in [3.63, 3.8) is 0 Å². The fourth-order valence-electron chi connectivity index (χ4n) is 3.51. The number of piperazine rings is 1. The highest BCUT2D eigenvalue weighted by Crippen LogP contribution is 2.36. The van der Waals surface area contributed by atoms with Gasteiger partial charge in [0.05, 0.1) is 11.6 Å². The highest BCUT2D eigenvalue weighted by molar-refractivity contribution is 6.30. The molecular weight excluding hydrogens is 330 g/mol. The van der Waals surface area contributed by atoms with Crippen LogP contribution in [0.25, 0.3) is 0 Å². The van der Waals surface area contributed by atoms with E-state index in [9.17, 15) is 4.79 Å². The van der Waals surface area contributed by atoms with Gasteiger partial charge in [0.25, 0.3) is 5.91 Å². The molecule has 2 saturated heterocycles. The predicted octanol–water partition coefficient (Wildman–Crippen LogP) is 1.72. The minimum Gasteiger partial charge on any atom is -0.365 e. The fraction of sp³-hybridized carbons (Fsp3) is 0.312. The van der Waals surface area contributed by atoms with Crippen LogP contribution in [0.3, 0.4) is 0 Å². The Morgan fingerprint density at radius 1 is 1.12 bits per heavy atom. The predicted molar refractivity (Wildman–Crippen MR) is 89.6 cm³/mol. The number of carbonyl (C=O) groups excluding carboxylic acids is 1. The zero-order valence-electron chi connectivity index (χ0n) is 12.8. The minimum absolute atomic E-state index is 0.230. The molecule has 0 aliphatic carbocycles. The SMILES string of the molecule is O=C(NO)c1cnc(N2C[C@@H]3C[C@H]2CN3c2ccc(Cl)cc2)nc1. The van der Waals surface area contributed by atoms with Gasteiger partial charge >= 0.3 is 0 Å². The maximum Gasteiger partial charge on any atom is 0.277 e. The summed E-state index contributed by atoms with van der Waals surface area (Å²) >= 11 is 5.96. The summed E-state index contributed by atoms with van der Waals surface area (Å²) < 4.78 is 0. The molecule has 24 heavy (non-hydrogen) atoms. The standard InChI is InChI=1S/C16H16ClN5O2/c17-11-1-3-12(4-2-11)21-8-14-5-13(21)9-22(14)16-18-6-10(7-19-16)15(23)20-24/h1-4,6-7,13-14,24H,5,8-9H2,(H,20,23)/t13-,14-/m0/s1. The molecule has 0 unspecified atom stereocenters. The molecule has 2 aromatic rings. The minimum atomic E-state index is -0.613. The van der Waals surface area contributed by atoms with Gasteiger partial charge in [-0.2, -0.15) is 0 Å². The monoisotopic (exact) mass is 345 g/mol. The van der Waals surface area contributed by atoms with E-state index in [1.54, 1.807) is 5.48 Å². The number of amides is 1. The van der Waals surface area contributed by atoms with Crippen molar-refractivity contribution >= 4 is 29.1 Å². The van der Waals surface area contributed by atoms with Gasteiger partial charge in [-0.05, 0) is 30.7 Å². The van der Waals surface area contributed by atoms with E-state index in [0.717, 1.165) is 24.5 Å². The van der Waals surface area contributed by atoms with Crippen molar-refractivity contribution in [3.8, 4) is 0 Å². The summed E-state index contributed by atoms with van der Waals surface area (Å²) in [5.41, 5.74) is 2.99. The summed E-state index contributed by atoms with van der Waals surface area (Å²) in [6.07, 6.45) is 3.92. The maximum atomic E-state index is 11.3. The van der Waals surface area contributed by atoms with Gasteiger partial charge in [-0.25, -0.2) is 15.4 Å². The van der Waals surface area contributed by atoms with Gasteiger partial charge in [-0.3, -0.25) is 10.0 Å². The Bertz CT molecular complexity index is 752. The fourth-order valence-corrected chi connectivity index (χ4v) is 3.64. The number of carbonyl (C=O) groups is 1. The Morgan fingerprint density at radius 2 is 1.75 bits per heavy atom. The van der Waals surface area contributed by atoms with Crippen LogP contribution in [0.2, 0.25) is 5.02 Å². The molecule has 0 radical (unpaired) electrons. The summed E-state index contributed by atoms with van der Waals surface area (Å²) in [6, 6.07) is 8.69. The van der Waals surface area contributed by atoms with E-state index in [0.29, 0.717) is 18.0 Å². The highest BCUT2D eigenvalue weighted by atomic mass is 35.5. The lowest BCUT2D eigenvalue weighted by Crippen LogP contribution is -2.47. The van der Waals surface area contributed by atoms with Gasteiger partial charge in [0.15, 0.2) is 0 Å². The van der Waals surface area contributed by atoms with E-state index in [1.807, 2.05) is 24.3 Å². The molecule has 2 aliphatic rings. The average molecular weight is 346 g/mol. The molecule has 2 aliphatic heterocycles. The molecule has 1 amide bonds. The number of halogens is 1. The largest absolute Gasteiger partial charge is 0.365 e. The Kier molecular flexibility index (Phi) is 3.74. The summed E-state index contributed by atoms with van der Waals surface area (Å²) in [7, 11) is 0. The third kappa shape index (κ3) is 2.55. The van der Waals surface area contributed by atoms with Crippen molar-refractivity contribution in [2.75, 3.05) is 22.9 Å². The van der Waals surface area contributed by atoms with Gasteiger partial charge < -0.3 is 9.80 Å². The molecule has 8 heteroatoms. The first-order valence-electron chi connectivity index (χ1n) is 7.71. The lowest BCUT2D eigenvalue weighted by Gasteiger charge is -2.35. The Morgan fingerprint density at radius 3 is 2.33 bits per heavy atom. The van der Waals surface area contributed by atoms with E-state index in [2.05, 4.69) is 19.8 Å². The van der Waals surface area contributed by atoms with E-state index >= 15 is 0 Å². The molecule has 3 heterocycles. The quantitative estimate of drug-likeness (QED) is 0.651. The molecule has 124 valence electrons. The van der Waals surface area contributed by atoms with E-state index < -0.39 is 5.91 Å². The first-order chi connectivity index (χ1) is 11.7. The molecule has 4 rings (SSSR count). The number of benzene rings is 1. The zero-order valence-corrected chi connectivity index (χ0v) is 13.5. The van der Waals surface area contributed by atoms with Crippen LogP contribution in [-0.4, -0.2) is 46.3 Å². The number of fused-ring (bicyclic) bond motifs is 2. The van der Waals surface area contributed by atoms with E-state index in [4.69, 9.17) is 16.8 Å². The smallest absolute Gasteiger partial charge is 0.277 e. The van der Waals surface area contributed by atoms with Crippen molar-refractivity contribution in [2.24, 2.45) is 0 Å². The summed E-state index contributed by atoms with van der Waals surface area (Å²) in [5.74, 6) is 0.00570. The second-order valence-corrected chi connectivity index (χ2v) is 6.47. The number of hydrogen-bond acceptors (Lipinski definition) is 6. The van der Waals surface area contributed by atoms with Crippen LogP contribution in [-0.2, 0) is 0 Å². The number of hydrogen-bond donors (Lipinski definition) is 2. The molecule has 2 N–H and O–H groups in total. The molecule has 7 nitrogen and oxygen atoms in total. The number of nitrogens with one attached hydrogen (secondary N) is 1. The number of nitrogens with zero attached hydrogens (tertiary/aromatic N) is 4. The maximum absolute atomic E-state index is 11.3. The first kappa shape index (κ1) is 15.2. The molecule has 2 atom stereocenters. The topological polar surface area (TPSA) is 81.6 Å². The average Bonchev–Trinajstić information content (AvgIpc) is 3.22. The lowest BCUT2D eigenvalue weighted by molar-refractivity contribution is 0.0705. The molecule has 1 aromatic carbocycles. The molecule has 1 aromatic heterocycles. The van der Waals surface area contributed by atoms with Crippen LogP contribution < -0.4 is 15.3 Å². The summed E-state index contributed by atoms with van der Waals surface area (Å²) in [4.78, 5) is 24.4. The third-order valence-electron chi connectivity index (χ3n) is 4.66. The normalized spacial score (nSPS) is 22.1. The number of aromatic nitrogens is 2. The van der Waals surface area contributed by atoms with Crippen molar-refractivity contribution in [2.45, 2.75) is 18.5 Å². The van der Waals surface area contributed by atoms with E-state index in [-0.39, 0.29) is 5.56 Å².